The number of Topliss-reactive ketones (excluding diaryl/α,β-unsaturated/α-hetero) is 1. The first-order valence-corrected chi connectivity index (χ1v) is 14.2. The number of fused-ring (bicyclic) bond motifs is 1. The second-order valence-corrected chi connectivity index (χ2v) is 12.1. The summed E-state index contributed by atoms with van der Waals surface area (Å²) in [5.41, 5.74) is 0.560. The molecule has 202 valence electrons. The number of hydrogen-bond acceptors (Lipinski definition) is 6. The van der Waals surface area contributed by atoms with Gasteiger partial charge in [-0.1, -0.05) is 43.6 Å². The highest BCUT2D eigenvalue weighted by atomic mass is 35.5. The van der Waals surface area contributed by atoms with Gasteiger partial charge in [-0.15, -0.1) is 0 Å². The summed E-state index contributed by atoms with van der Waals surface area (Å²) in [6.07, 6.45) is 1.00. The van der Waals surface area contributed by atoms with Crippen LogP contribution in [0.5, 0.6) is 0 Å². The van der Waals surface area contributed by atoms with E-state index in [4.69, 9.17) is 16.0 Å². The summed E-state index contributed by atoms with van der Waals surface area (Å²) < 4.78 is 32.9. The Morgan fingerprint density at radius 2 is 1.84 bits per heavy atom. The van der Waals surface area contributed by atoms with Crippen LogP contribution in [0.1, 0.15) is 43.7 Å². The monoisotopic (exact) mass is 559 g/mol. The van der Waals surface area contributed by atoms with Crippen LogP contribution in [0.4, 0.5) is 0 Å². The van der Waals surface area contributed by atoms with Crippen LogP contribution in [0.25, 0.3) is 11.0 Å². The molecule has 4 rings (SSSR count). The number of hydrogen-bond donors (Lipinski definition) is 2. The number of ketones is 1. The number of halogens is 1. The lowest BCUT2D eigenvalue weighted by Gasteiger charge is -2.23. The predicted octanol–water partition coefficient (Wildman–Crippen LogP) is 3.77. The molecule has 0 radical (unpaired) electrons. The van der Waals surface area contributed by atoms with E-state index in [1.807, 2.05) is 26.0 Å². The fourth-order valence-corrected chi connectivity index (χ4v) is 5.98. The highest BCUT2D eigenvalue weighted by Crippen LogP contribution is 2.22. The average molecular weight is 560 g/mol. The lowest BCUT2D eigenvalue weighted by atomic mass is 10.0. The Labute approximate surface area is 226 Å². The van der Waals surface area contributed by atoms with Gasteiger partial charge in [-0.25, -0.2) is 8.42 Å². The van der Waals surface area contributed by atoms with Crippen LogP contribution in [-0.2, 0) is 19.6 Å². The molecule has 1 saturated heterocycles. The molecule has 2 N–H and O–H groups in total. The molecule has 2 heterocycles. The van der Waals surface area contributed by atoms with Crippen molar-refractivity contribution in [3.63, 3.8) is 0 Å². The van der Waals surface area contributed by atoms with E-state index in [0.29, 0.717) is 23.4 Å². The number of furan rings is 1. The van der Waals surface area contributed by atoms with E-state index in [0.717, 1.165) is 9.69 Å². The van der Waals surface area contributed by atoms with E-state index in [2.05, 4.69) is 10.6 Å². The van der Waals surface area contributed by atoms with Crippen molar-refractivity contribution < 1.29 is 27.2 Å². The van der Waals surface area contributed by atoms with Gasteiger partial charge in [0.25, 0.3) is 5.91 Å². The molecule has 1 fully saturated rings. The van der Waals surface area contributed by atoms with E-state index in [-0.39, 0.29) is 36.1 Å². The number of benzene rings is 2. The van der Waals surface area contributed by atoms with Gasteiger partial charge < -0.3 is 15.1 Å². The number of amides is 2. The minimum absolute atomic E-state index is 0.0440. The van der Waals surface area contributed by atoms with Gasteiger partial charge in [-0.3, -0.25) is 14.4 Å². The predicted molar refractivity (Wildman–Crippen MR) is 143 cm³/mol. The molecule has 0 spiro atoms. The molecule has 3 aromatic rings. The van der Waals surface area contributed by atoms with Crippen LogP contribution in [-0.4, -0.2) is 55.5 Å². The van der Waals surface area contributed by atoms with Crippen molar-refractivity contribution in [2.45, 2.75) is 50.1 Å². The Bertz CT molecular complexity index is 1400. The summed E-state index contributed by atoms with van der Waals surface area (Å²) >= 11 is 5.87. The maximum atomic E-state index is 13.2. The number of nitrogens with zero attached hydrogens (tertiary/aromatic N) is 1. The topological polar surface area (TPSA) is 126 Å². The van der Waals surface area contributed by atoms with Crippen LogP contribution in [0.15, 0.2) is 63.9 Å². The summed E-state index contributed by atoms with van der Waals surface area (Å²) in [6, 6.07) is 12.8. The minimum Gasteiger partial charge on any atom is -0.451 e. The number of rotatable bonds is 8. The van der Waals surface area contributed by atoms with Crippen LogP contribution >= 0.6 is 11.6 Å². The number of carbonyl (C=O) groups excluding carboxylic acids is 3. The Morgan fingerprint density at radius 1 is 1.13 bits per heavy atom. The largest absolute Gasteiger partial charge is 0.451 e. The molecule has 1 aromatic heterocycles. The Kier molecular flexibility index (Phi) is 8.54. The Hall–Kier alpha value is -3.21. The third-order valence-corrected chi connectivity index (χ3v) is 8.48. The Morgan fingerprint density at radius 3 is 2.53 bits per heavy atom. The zero-order valence-electron chi connectivity index (χ0n) is 21.1. The summed E-state index contributed by atoms with van der Waals surface area (Å²) in [5.74, 6) is -1.29. The second-order valence-electron chi connectivity index (χ2n) is 9.77. The number of para-hydroxylation sites is 1. The molecule has 9 nitrogen and oxygen atoms in total. The van der Waals surface area contributed by atoms with Gasteiger partial charge in [-0.05, 0) is 61.6 Å². The van der Waals surface area contributed by atoms with Crippen molar-refractivity contribution >= 4 is 50.2 Å². The molecule has 1 aliphatic rings. The zero-order valence-corrected chi connectivity index (χ0v) is 22.7. The molecule has 1 aliphatic heterocycles. The van der Waals surface area contributed by atoms with Crippen molar-refractivity contribution in [1.82, 2.24) is 14.9 Å². The first-order valence-electron chi connectivity index (χ1n) is 12.4. The molecule has 1 unspecified atom stereocenters. The zero-order chi connectivity index (χ0) is 27.4. The first-order chi connectivity index (χ1) is 18.0. The molecule has 0 bridgehead atoms. The van der Waals surface area contributed by atoms with Crippen molar-refractivity contribution in [2.24, 2.45) is 5.92 Å². The minimum atomic E-state index is -3.90. The number of nitrogens with one attached hydrogen (secondary N) is 2. The van der Waals surface area contributed by atoms with E-state index in [1.54, 1.807) is 18.2 Å². The third kappa shape index (κ3) is 6.43. The quantitative estimate of drug-likeness (QED) is 0.433. The fourth-order valence-electron chi connectivity index (χ4n) is 4.41. The fraction of sp³-hybridized carbons (Fsp3) is 0.370. The maximum Gasteiger partial charge on any atom is 0.287 e. The lowest BCUT2D eigenvalue weighted by Crippen LogP contribution is -2.52. The molecular weight excluding hydrogens is 530 g/mol. The first kappa shape index (κ1) is 27.8. The van der Waals surface area contributed by atoms with E-state index in [1.165, 1.54) is 24.3 Å². The number of sulfonamides is 1. The van der Waals surface area contributed by atoms with E-state index >= 15 is 0 Å². The maximum absolute atomic E-state index is 13.2. The smallest absolute Gasteiger partial charge is 0.287 e. The van der Waals surface area contributed by atoms with Gasteiger partial charge in [0.15, 0.2) is 11.5 Å². The SMILES string of the molecule is CC(C)CC(NC(=O)c1cc2ccccc2o1)C(=O)N[C@H]1CCCN(S(=O)(=O)c2ccc(Cl)cc2)CC1=O. The van der Waals surface area contributed by atoms with E-state index in [9.17, 15) is 22.8 Å². The molecule has 2 atom stereocenters. The molecule has 11 heteroatoms. The molecule has 38 heavy (non-hydrogen) atoms. The molecule has 2 aromatic carbocycles. The molecular formula is C27H30ClN3O6S. The van der Waals surface area contributed by atoms with E-state index < -0.39 is 39.7 Å². The van der Waals surface area contributed by atoms with Gasteiger partial charge in [-0.2, -0.15) is 4.31 Å². The van der Waals surface area contributed by atoms with Crippen molar-refractivity contribution in [2.75, 3.05) is 13.1 Å². The summed E-state index contributed by atoms with van der Waals surface area (Å²) in [4.78, 5) is 39.2. The normalized spacial score (nSPS) is 17.8. The highest BCUT2D eigenvalue weighted by Gasteiger charge is 2.34. The Balaban J connectivity index is 1.44. The third-order valence-electron chi connectivity index (χ3n) is 6.37. The lowest BCUT2D eigenvalue weighted by molar-refractivity contribution is -0.129. The molecule has 0 aliphatic carbocycles. The molecule has 2 amide bonds. The van der Waals surface area contributed by atoms with Crippen LogP contribution < -0.4 is 10.6 Å². The van der Waals surface area contributed by atoms with Gasteiger partial charge in [0.05, 0.1) is 17.5 Å². The van der Waals surface area contributed by atoms with Gasteiger partial charge >= 0.3 is 0 Å². The summed E-state index contributed by atoms with van der Waals surface area (Å²) in [6.45, 7) is 3.62. The summed E-state index contributed by atoms with van der Waals surface area (Å²) in [5, 5.41) is 6.65. The van der Waals surface area contributed by atoms with Crippen LogP contribution in [0.3, 0.4) is 0 Å². The highest BCUT2D eigenvalue weighted by molar-refractivity contribution is 7.89. The van der Waals surface area contributed by atoms with Crippen molar-refractivity contribution in [3.05, 3.63) is 65.4 Å². The van der Waals surface area contributed by atoms with Crippen molar-refractivity contribution in [1.29, 1.82) is 0 Å². The second kappa shape index (κ2) is 11.7. The van der Waals surface area contributed by atoms with Crippen LogP contribution in [0.2, 0.25) is 5.02 Å². The van der Waals surface area contributed by atoms with Gasteiger partial charge in [0.2, 0.25) is 15.9 Å². The van der Waals surface area contributed by atoms with Gasteiger partial charge in [0, 0.05) is 17.0 Å². The van der Waals surface area contributed by atoms with Gasteiger partial charge in [0.1, 0.15) is 11.6 Å². The van der Waals surface area contributed by atoms with Crippen LogP contribution in [0, 0.1) is 5.92 Å². The summed E-state index contributed by atoms with van der Waals surface area (Å²) in [7, 11) is -3.90. The van der Waals surface area contributed by atoms with Crippen molar-refractivity contribution in [3.8, 4) is 0 Å². The standard InChI is InChI=1S/C27H30ClN3O6S/c1-17(2)14-22(30-27(34)25-15-18-6-3-4-8-24(18)37-25)26(33)29-21-7-5-13-31(16-23(21)32)38(35,36)20-11-9-19(28)10-12-20/h3-4,6,8-12,15,17,21-22H,5,7,13-14,16H2,1-2H3,(H,29,33)(H,30,34)/t21-,22?/m0/s1. The number of carbonyl (C=O) groups is 3. The average Bonchev–Trinajstić information content (AvgIpc) is 3.22. The molecule has 0 saturated carbocycles.